The first-order valence-electron chi connectivity index (χ1n) is 12.2. The number of nitriles is 1. The summed E-state index contributed by atoms with van der Waals surface area (Å²) >= 11 is 0. The number of fused-ring (bicyclic) bond motifs is 2. The fraction of sp³-hybridized carbons (Fsp3) is 0.214. The lowest BCUT2D eigenvalue weighted by Gasteiger charge is -2.06. The van der Waals surface area contributed by atoms with Crippen molar-refractivity contribution in [3.63, 3.8) is 0 Å². The van der Waals surface area contributed by atoms with Crippen LogP contribution >= 0.6 is 0 Å². The molecule has 0 saturated heterocycles. The van der Waals surface area contributed by atoms with E-state index >= 15 is 0 Å². The Morgan fingerprint density at radius 3 is 2.42 bits per heavy atom. The molecule has 0 bridgehead atoms. The summed E-state index contributed by atoms with van der Waals surface area (Å²) in [5, 5.41) is 11.5. The number of aryl methyl sites for hydroxylation is 1. The Kier molecular flexibility index (Phi) is 6.58. The van der Waals surface area contributed by atoms with Gasteiger partial charge in [0, 0.05) is 47.7 Å². The van der Waals surface area contributed by atoms with Crippen LogP contribution in [0.4, 0.5) is 4.79 Å². The van der Waals surface area contributed by atoms with Gasteiger partial charge in [-0.05, 0) is 25.5 Å². The molecule has 1 N–H and O–H groups in total. The number of rotatable bonds is 7. The Hall–Kier alpha value is -5.04. The van der Waals surface area contributed by atoms with E-state index in [4.69, 9.17) is 9.47 Å². The molecule has 0 aliphatic heterocycles. The standard InChI is InChI=1S/C28H25N5O5/c1-3-37-28(36)32-17-25(20-10-5-7-12-24(20)32)33-26(22(15-29)30-27(33)35)21-16-31(13-8-14-38-18(2)34)23-11-6-4-9-19(21)23/h4-7,9-12,16-17H,3,8,13-14H2,1-2H3,(H,30,35). The second-order valence-electron chi connectivity index (χ2n) is 8.65. The van der Waals surface area contributed by atoms with Gasteiger partial charge in [-0.3, -0.25) is 18.9 Å². The zero-order valence-corrected chi connectivity index (χ0v) is 20.9. The highest BCUT2D eigenvalue weighted by Crippen LogP contribution is 2.35. The third-order valence-electron chi connectivity index (χ3n) is 6.30. The maximum absolute atomic E-state index is 13.3. The molecule has 0 aliphatic carbocycles. The molecule has 10 heteroatoms. The van der Waals surface area contributed by atoms with Crippen LogP contribution < -0.4 is 5.69 Å². The molecule has 38 heavy (non-hydrogen) atoms. The maximum Gasteiger partial charge on any atom is 0.418 e. The van der Waals surface area contributed by atoms with E-state index in [9.17, 15) is 19.6 Å². The largest absolute Gasteiger partial charge is 0.466 e. The molecule has 5 aromatic rings. The fourth-order valence-electron chi connectivity index (χ4n) is 4.76. The molecule has 3 heterocycles. The Bertz CT molecular complexity index is 1780. The van der Waals surface area contributed by atoms with Crippen LogP contribution in [0.25, 0.3) is 38.8 Å². The fourth-order valence-corrected chi connectivity index (χ4v) is 4.76. The zero-order valence-electron chi connectivity index (χ0n) is 20.9. The van der Waals surface area contributed by atoms with Crippen LogP contribution in [0.3, 0.4) is 0 Å². The summed E-state index contributed by atoms with van der Waals surface area (Å²) in [5.41, 5.74) is 2.59. The van der Waals surface area contributed by atoms with Crippen molar-refractivity contribution in [2.45, 2.75) is 26.8 Å². The minimum absolute atomic E-state index is 0.103. The molecule has 2 aromatic carbocycles. The number of esters is 1. The van der Waals surface area contributed by atoms with E-state index in [0.29, 0.717) is 40.8 Å². The van der Waals surface area contributed by atoms with Gasteiger partial charge in [0.15, 0.2) is 0 Å². The Labute approximate surface area is 217 Å². The van der Waals surface area contributed by atoms with Gasteiger partial charge in [-0.1, -0.05) is 36.4 Å². The number of carbonyl (C=O) groups excluding carboxylic acids is 2. The van der Waals surface area contributed by atoms with Crippen molar-refractivity contribution in [2.24, 2.45) is 0 Å². The second kappa shape index (κ2) is 10.1. The molecule has 0 aliphatic rings. The Morgan fingerprint density at radius 2 is 1.71 bits per heavy atom. The molecule has 0 radical (unpaired) electrons. The average molecular weight is 512 g/mol. The summed E-state index contributed by atoms with van der Waals surface area (Å²) in [5.74, 6) is -0.333. The van der Waals surface area contributed by atoms with Crippen molar-refractivity contribution in [3.8, 4) is 23.0 Å². The van der Waals surface area contributed by atoms with Crippen LogP contribution in [-0.4, -0.2) is 44.0 Å². The summed E-state index contributed by atoms with van der Waals surface area (Å²) in [6, 6.07) is 17.0. The minimum Gasteiger partial charge on any atom is -0.466 e. The molecule has 3 aromatic heterocycles. The number of imidazole rings is 1. The third-order valence-corrected chi connectivity index (χ3v) is 6.30. The summed E-state index contributed by atoms with van der Waals surface area (Å²) in [6.07, 6.45) is 3.48. The van der Waals surface area contributed by atoms with Gasteiger partial charge in [0.05, 0.1) is 30.1 Å². The number of hydrogen-bond acceptors (Lipinski definition) is 6. The molecule has 0 amide bonds. The normalized spacial score (nSPS) is 11.1. The molecule has 192 valence electrons. The molecule has 0 unspecified atom stereocenters. The smallest absolute Gasteiger partial charge is 0.418 e. The molecular formula is C28H25N5O5. The van der Waals surface area contributed by atoms with Gasteiger partial charge >= 0.3 is 17.8 Å². The number of aromatic nitrogens is 4. The number of nitrogens with zero attached hydrogens (tertiary/aromatic N) is 4. The molecule has 0 spiro atoms. The van der Waals surface area contributed by atoms with Gasteiger partial charge in [-0.2, -0.15) is 5.26 Å². The van der Waals surface area contributed by atoms with Crippen molar-refractivity contribution < 1.29 is 19.1 Å². The number of nitrogens with one attached hydrogen (secondary N) is 1. The van der Waals surface area contributed by atoms with E-state index in [2.05, 4.69) is 11.1 Å². The van der Waals surface area contributed by atoms with Crippen LogP contribution in [-0.2, 0) is 20.8 Å². The van der Waals surface area contributed by atoms with E-state index in [1.165, 1.54) is 16.1 Å². The number of benzene rings is 2. The summed E-state index contributed by atoms with van der Waals surface area (Å²) in [6.45, 7) is 4.14. The molecule has 0 saturated carbocycles. The Morgan fingerprint density at radius 1 is 1.00 bits per heavy atom. The summed E-state index contributed by atoms with van der Waals surface area (Å²) in [7, 11) is 0. The second-order valence-corrected chi connectivity index (χ2v) is 8.65. The van der Waals surface area contributed by atoms with Crippen molar-refractivity contribution in [3.05, 3.63) is 77.1 Å². The quantitative estimate of drug-likeness (QED) is 0.252. The van der Waals surface area contributed by atoms with Crippen molar-refractivity contribution in [2.75, 3.05) is 13.2 Å². The molecule has 10 nitrogen and oxygen atoms in total. The van der Waals surface area contributed by atoms with Gasteiger partial charge < -0.3 is 14.0 Å². The van der Waals surface area contributed by atoms with Gasteiger partial charge in [-0.25, -0.2) is 9.59 Å². The number of aromatic amines is 1. The van der Waals surface area contributed by atoms with E-state index < -0.39 is 11.8 Å². The van der Waals surface area contributed by atoms with Crippen molar-refractivity contribution in [1.82, 2.24) is 18.7 Å². The van der Waals surface area contributed by atoms with Crippen molar-refractivity contribution in [1.29, 1.82) is 5.26 Å². The number of H-pyrrole nitrogens is 1. The number of para-hydroxylation sites is 2. The predicted molar refractivity (Wildman–Crippen MR) is 141 cm³/mol. The van der Waals surface area contributed by atoms with Gasteiger partial charge in [0.1, 0.15) is 11.8 Å². The number of ether oxygens (including phenoxy) is 2. The van der Waals surface area contributed by atoms with Gasteiger partial charge in [0.2, 0.25) is 0 Å². The number of hydrogen-bond donors (Lipinski definition) is 1. The lowest BCUT2D eigenvalue weighted by molar-refractivity contribution is -0.141. The zero-order chi connectivity index (χ0) is 26.8. The predicted octanol–water partition coefficient (Wildman–Crippen LogP) is 4.57. The van der Waals surface area contributed by atoms with Crippen LogP contribution in [0.1, 0.15) is 26.0 Å². The van der Waals surface area contributed by atoms with Crippen LogP contribution in [0.2, 0.25) is 0 Å². The Balaban J connectivity index is 1.72. The van der Waals surface area contributed by atoms with E-state index in [1.54, 1.807) is 25.3 Å². The molecular weight excluding hydrogens is 486 g/mol. The third kappa shape index (κ3) is 4.24. The lowest BCUT2D eigenvalue weighted by Crippen LogP contribution is -2.16. The monoisotopic (exact) mass is 511 g/mol. The minimum atomic E-state index is -0.565. The van der Waals surface area contributed by atoms with Gasteiger partial charge in [-0.15, -0.1) is 0 Å². The first kappa shape index (κ1) is 24.6. The van der Waals surface area contributed by atoms with Crippen LogP contribution in [0.5, 0.6) is 0 Å². The highest BCUT2D eigenvalue weighted by atomic mass is 16.5. The van der Waals surface area contributed by atoms with Gasteiger partial charge in [0.25, 0.3) is 0 Å². The van der Waals surface area contributed by atoms with E-state index in [-0.39, 0.29) is 24.9 Å². The maximum atomic E-state index is 13.3. The lowest BCUT2D eigenvalue weighted by atomic mass is 10.1. The first-order valence-corrected chi connectivity index (χ1v) is 12.2. The van der Waals surface area contributed by atoms with Crippen molar-refractivity contribution >= 4 is 33.9 Å². The van der Waals surface area contributed by atoms with E-state index in [0.717, 1.165) is 10.9 Å². The summed E-state index contributed by atoms with van der Waals surface area (Å²) in [4.78, 5) is 39.9. The van der Waals surface area contributed by atoms with Crippen LogP contribution in [0.15, 0.2) is 65.7 Å². The first-order chi connectivity index (χ1) is 18.4. The number of carbonyl (C=O) groups is 2. The molecule has 5 rings (SSSR count). The topological polar surface area (TPSA) is 124 Å². The molecule has 0 atom stereocenters. The average Bonchev–Trinajstić information content (AvgIpc) is 3.57. The van der Waals surface area contributed by atoms with Crippen LogP contribution in [0, 0.1) is 11.3 Å². The highest BCUT2D eigenvalue weighted by molar-refractivity contribution is 5.99. The SMILES string of the molecule is CCOC(=O)n1cc(-n2c(-c3cn(CCCOC(C)=O)c4ccccc34)c(C#N)[nH]c2=O)c2ccccc21. The summed E-state index contributed by atoms with van der Waals surface area (Å²) < 4.78 is 15.1. The molecule has 0 fully saturated rings. The highest BCUT2D eigenvalue weighted by Gasteiger charge is 2.25. The van der Waals surface area contributed by atoms with E-state index in [1.807, 2.05) is 47.2 Å².